The van der Waals surface area contributed by atoms with Gasteiger partial charge in [0.15, 0.2) is 0 Å². The van der Waals surface area contributed by atoms with Crippen LogP contribution in [0.1, 0.15) is 13.8 Å². The summed E-state index contributed by atoms with van der Waals surface area (Å²) < 4.78 is 14.8. The summed E-state index contributed by atoms with van der Waals surface area (Å²) in [6, 6.07) is 0.293. The molecule has 0 aliphatic carbocycles. The maximum atomic E-state index is 10.9. The van der Waals surface area contributed by atoms with Crippen LogP contribution < -0.4 is 5.32 Å². The first kappa shape index (κ1) is 14.3. The fraction of sp³-hybridized carbons (Fsp3) is 0.900. The van der Waals surface area contributed by atoms with Crippen molar-refractivity contribution in [1.82, 2.24) is 5.32 Å². The standard InChI is InChI=1S/C10H21NO4/c1-4-15-10(12)8-14-6-5-11-9(2)7-13-3/h9,11H,4-8H2,1-3H3. The van der Waals surface area contributed by atoms with Crippen molar-refractivity contribution in [3.63, 3.8) is 0 Å². The van der Waals surface area contributed by atoms with Crippen LogP contribution in [-0.2, 0) is 19.0 Å². The van der Waals surface area contributed by atoms with Gasteiger partial charge in [0.1, 0.15) is 6.61 Å². The number of carbonyl (C=O) groups is 1. The van der Waals surface area contributed by atoms with E-state index in [0.29, 0.717) is 32.4 Å². The number of hydrogen-bond donors (Lipinski definition) is 1. The summed E-state index contributed by atoms with van der Waals surface area (Å²) >= 11 is 0. The Kier molecular flexibility index (Phi) is 9.46. The highest BCUT2D eigenvalue weighted by Crippen LogP contribution is 1.83. The summed E-state index contributed by atoms with van der Waals surface area (Å²) in [6.07, 6.45) is 0. The highest BCUT2D eigenvalue weighted by molar-refractivity contribution is 5.70. The molecule has 0 aromatic rings. The first-order valence-corrected chi connectivity index (χ1v) is 5.16. The van der Waals surface area contributed by atoms with Crippen molar-refractivity contribution in [2.24, 2.45) is 0 Å². The molecule has 0 spiro atoms. The number of ether oxygens (including phenoxy) is 3. The minimum Gasteiger partial charge on any atom is -0.464 e. The molecule has 90 valence electrons. The summed E-state index contributed by atoms with van der Waals surface area (Å²) in [5, 5.41) is 3.19. The van der Waals surface area contributed by atoms with Crippen LogP contribution in [0, 0.1) is 0 Å². The van der Waals surface area contributed by atoms with Crippen molar-refractivity contribution in [3.8, 4) is 0 Å². The van der Waals surface area contributed by atoms with Gasteiger partial charge in [-0.15, -0.1) is 0 Å². The van der Waals surface area contributed by atoms with Gasteiger partial charge in [0.05, 0.1) is 19.8 Å². The molecule has 0 aliphatic rings. The number of hydrogen-bond acceptors (Lipinski definition) is 5. The third-order valence-electron chi connectivity index (χ3n) is 1.68. The van der Waals surface area contributed by atoms with E-state index in [4.69, 9.17) is 14.2 Å². The lowest BCUT2D eigenvalue weighted by atomic mass is 10.3. The molecule has 0 bridgehead atoms. The van der Waals surface area contributed by atoms with Crippen LogP contribution in [0.2, 0.25) is 0 Å². The summed E-state index contributed by atoms with van der Waals surface area (Å²) in [6.45, 7) is 6.06. The van der Waals surface area contributed by atoms with Crippen molar-refractivity contribution < 1.29 is 19.0 Å². The van der Waals surface area contributed by atoms with Crippen molar-refractivity contribution >= 4 is 5.97 Å². The molecule has 0 aliphatic heterocycles. The molecule has 0 saturated carbocycles. The normalized spacial score (nSPS) is 12.5. The van der Waals surface area contributed by atoms with Gasteiger partial charge in [-0.25, -0.2) is 4.79 Å². The lowest BCUT2D eigenvalue weighted by Gasteiger charge is -2.12. The molecular formula is C10H21NO4. The quantitative estimate of drug-likeness (QED) is 0.443. The molecule has 0 heterocycles. The van der Waals surface area contributed by atoms with Gasteiger partial charge in [-0.3, -0.25) is 0 Å². The smallest absolute Gasteiger partial charge is 0.332 e. The van der Waals surface area contributed by atoms with E-state index in [0.717, 1.165) is 0 Å². The van der Waals surface area contributed by atoms with Crippen LogP contribution in [0.15, 0.2) is 0 Å². The Labute approximate surface area is 91.1 Å². The zero-order chi connectivity index (χ0) is 11.5. The predicted octanol–water partition coefficient (Wildman–Crippen LogP) is 0.191. The Balaban J connectivity index is 3.20. The number of nitrogens with one attached hydrogen (secondary N) is 1. The van der Waals surface area contributed by atoms with Crippen LogP contribution in [0.25, 0.3) is 0 Å². The van der Waals surface area contributed by atoms with Gasteiger partial charge in [0, 0.05) is 19.7 Å². The minimum atomic E-state index is -0.317. The molecule has 5 heteroatoms. The molecule has 0 saturated heterocycles. The fourth-order valence-corrected chi connectivity index (χ4v) is 1.04. The highest BCUT2D eigenvalue weighted by Gasteiger charge is 2.02. The minimum absolute atomic E-state index is 0.0220. The molecule has 1 N–H and O–H groups in total. The second kappa shape index (κ2) is 9.89. The predicted molar refractivity (Wildman–Crippen MR) is 56.8 cm³/mol. The molecule has 0 aromatic carbocycles. The Morgan fingerprint density at radius 1 is 1.47 bits per heavy atom. The number of esters is 1. The molecule has 0 fully saturated rings. The van der Waals surface area contributed by atoms with Gasteiger partial charge in [0.25, 0.3) is 0 Å². The first-order chi connectivity index (χ1) is 7.20. The van der Waals surface area contributed by atoms with Crippen LogP contribution in [0.3, 0.4) is 0 Å². The first-order valence-electron chi connectivity index (χ1n) is 5.16. The van der Waals surface area contributed by atoms with E-state index in [1.54, 1.807) is 14.0 Å². The van der Waals surface area contributed by atoms with E-state index in [2.05, 4.69) is 5.32 Å². The Bertz CT molecular complexity index is 164. The summed E-state index contributed by atoms with van der Waals surface area (Å²) in [5.74, 6) is -0.317. The van der Waals surface area contributed by atoms with Crippen molar-refractivity contribution in [1.29, 1.82) is 0 Å². The summed E-state index contributed by atoms with van der Waals surface area (Å²) in [4.78, 5) is 10.9. The van der Waals surface area contributed by atoms with E-state index in [9.17, 15) is 4.79 Å². The van der Waals surface area contributed by atoms with Crippen LogP contribution in [-0.4, -0.2) is 52.1 Å². The van der Waals surface area contributed by atoms with E-state index >= 15 is 0 Å². The van der Waals surface area contributed by atoms with Crippen LogP contribution >= 0.6 is 0 Å². The molecule has 1 unspecified atom stereocenters. The van der Waals surface area contributed by atoms with Gasteiger partial charge in [-0.1, -0.05) is 0 Å². The Morgan fingerprint density at radius 3 is 2.80 bits per heavy atom. The van der Waals surface area contributed by atoms with Crippen LogP contribution in [0.4, 0.5) is 0 Å². The third kappa shape index (κ3) is 9.65. The molecule has 0 rings (SSSR count). The average molecular weight is 219 g/mol. The number of rotatable bonds is 9. The summed E-state index contributed by atoms with van der Waals surface area (Å²) in [7, 11) is 1.66. The molecule has 0 radical (unpaired) electrons. The SMILES string of the molecule is CCOC(=O)COCCNC(C)COC. The van der Waals surface area contributed by atoms with Crippen LogP contribution in [0.5, 0.6) is 0 Å². The Morgan fingerprint density at radius 2 is 2.20 bits per heavy atom. The topological polar surface area (TPSA) is 56.8 Å². The maximum absolute atomic E-state index is 10.9. The van der Waals surface area contributed by atoms with Crippen molar-refractivity contribution in [3.05, 3.63) is 0 Å². The maximum Gasteiger partial charge on any atom is 0.332 e. The number of methoxy groups -OCH3 is 1. The van der Waals surface area contributed by atoms with Gasteiger partial charge in [-0.05, 0) is 13.8 Å². The monoisotopic (exact) mass is 219 g/mol. The molecule has 0 aromatic heterocycles. The Hall–Kier alpha value is -0.650. The molecule has 0 amide bonds. The largest absolute Gasteiger partial charge is 0.464 e. The lowest BCUT2D eigenvalue weighted by Crippen LogP contribution is -2.33. The van der Waals surface area contributed by atoms with Crippen molar-refractivity contribution in [2.75, 3.05) is 40.1 Å². The fourth-order valence-electron chi connectivity index (χ4n) is 1.04. The molecule has 5 nitrogen and oxygen atoms in total. The number of carbonyl (C=O) groups excluding carboxylic acids is 1. The highest BCUT2D eigenvalue weighted by atomic mass is 16.6. The van der Waals surface area contributed by atoms with Gasteiger partial charge >= 0.3 is 5.97 Å². The van der Waals surface area contributed by atoms with E-state index < -0.39 is 0 Å². The zero-order valence-corrected chi connectivity index (χ0v) is 9.75. The van der Waals surface area contributed by atoms with Gasteiger partial charge < -0.3 is 19.5 Å². The lowest BCUT2D eigenvalue weighted by molar-refractivity contribution is -0.148. The van der Waals surface area contributed by atoms with Crippen molar-refractivity contribution in [2.45, 2.75) is 19.9 Å². The average Bonchev–Trinajstić information content (AvgIpc) is 2.18. The molecule has 1 atom stereocenters. The van der Waals surface area contributed by atoms with E-state index in [1.807, 2.05) is 6.92 Å². The summed E-state index contributed by atoms with van der Waals surface area (Å²) in [5.41, 5.74) is 0. The van der Waals surface area contributed by atoms with Gasteiger partial charge in [-0.2, -0.15) is 0 Å². The van der Waals surface area contributed by atoms with E-state index in [1.165, 1.54) is 0 Å². The second-order valence-electron chi connectivity index (χ2n) is 3.17. The van der Waals surface area contributed by atoms with E-state index in [-0.39, 0.29) is 12.6 Å². The third-order valence-corrected chi connectivity index (χ3v) is 1.68. The second-order valence-corrected chi connectivity index (χ2v) is 3.17. The van der Waals surface area contributed by atoms with Gasteiger partial charge in [0.2, 0.25) is 0 Å². The molecule has 15 heavy (non-hydrogen) atoms. The molecular weight excluding hydrogens is 198 g/mol. The zero-order valence-electron chi connectivity index (χ0n) is 9.75.